The summed E-state index contributed by atoms with van der Waals surface area (Å²) < 4.78 is 5.00. The third-order valence-electron chi connectivity index (χ3n) is 1.95. The van der Waals surface area contributed by atoms with Crippen molar-refractivity contribution < 1.29 is 9.53 Å². The fraction of sp³-hybridized carbons (Fsp3) is 0.583. The lowest BCUT2D eigenvalue weighted by molar-refractivity contribution is -0.141. The van der Waals surface area contributed by atoms with E-state index in [1.165, 1.54) is 12.5 Å². The molecule has 0 fully saturated rings. The van der Waals surface area contributed by atoms with E-state index in [1.54, 1.807) is 0 Å². The summed E-state index contributed by atoms with van der Waals surface area (Å²) in [6.45, 7) is 7.47. The summed E-state index contributed by atoms with van der Waals surface area (Å²) in [5.41, 5.74) is 1.94. The molecule has 1 unspecified atom stereocenters. The van der Waals surface area contributed by atoms with Crippen molar-refractivity contribution in [2.24, 2.45) is 0 Å². The van der Waals surface area contributed by atoms with Gasteiger partial charge in [0.2, 0.25) is 0 Å². The molecule has 0 saturated heterocycles. The molecule has 0 aliphatic heterocycles. The molecule has 15 heavy (non-hydrogen) atoms. The van der Waals surface area contributed by atoms with E-state index in [0.29, 0.717) is 0 Å². The molecule has 0 N–H and O–H groups in total. The Kier molecular flexibility index (Phi) is 7.22. The Morgan fingerprint density at radius 2 is 2.00 bits per heavy atom. The third-order valence-corrected chi connectivity index (χ3v) is 2.39. The highest BCUT2D eigenvalue weighted by Crippen LogP contribution is 2.17. The van der Waals surface area contributed by atoms with Crippen LogP contribution in [0.1, 0.15) is 40.5 Å². The number of allylic oxidation sites excluding steroid dienone is 3. The van der Waals surface area contributed by atoms with E-state index in [9.17, 15) is 4.79 Å². The normalized spacial score (nSPS) is 13.3. The quantitative estimate of drug-likeness (QED) is 0.337. The van der Waals surface area contributed by atoms with Crippen molar-refractivity contribution in [2.45, 2.75) is 46.0 Å². The Bertz CT molecular complexity index is 263. The molecule has 0 aromatic heterocycles. The zero-order valence-corrected chi connectivity index (χ0v) is 10.8. The van der Waals surface area contributed by atoms with Crippen LogP contribution in [0.25, 0.3) is 0 Å². The highest BCUT2D eigenvalue weighted by molar-refractivity contribution is 7.81. The van der Waals surface area contributed by atoms with Gasteiger partial charge in [0, 0.05) is 6.92 Å². The van der Waals surface area contributed by atoms with Crippen LogP contribution in [-0.2, 0) is 9.53 Å². The van der Waals surface area contributed by atoms with Gasteiger partial charge in [0.15, 0.2) is 5.44 Å². The first kappa shape index (κ1) is 14.3. The Labute approximate surface area is 97.8 Å². The molecule has 86 valence electrons. The van der Waals surface area contributed by atoms with Gasteiger partial charge in [-0.3, -0.25) is 4.79 Å². The summed E-state index contributed by atoms with van der Waals surface area (Å²) in [6.07, 6.45) is 5.96. The Hall–Kier alpha value is -0.700. The second-order valence-corrected chi connectivity index (χ2v) is 4.11. The van der Waals surface area contributed by atoms with Crippen LogP contribution in [0.2, 0.25) is 0 Å². The fourth-order valence-electron chi connectivity index (χ4n) is 1.17. The number of carbonyl (C=O) groups is 1. The van der Waals surface area contributed by atoms with E-state index in [-0.39, 0.29) is 5.97 Å². The molecular weight excluding hydrogens is 208 g/mol. The fourth-order valence-corrected chi connectivity index (χ4v) is 1.60. The van der Waals surface area contributed by atoms with Gasteiger partial charge in [0.05, 0.1) is 0 Å². The molecule has 0 amide bonds. The number of rotatable bonds is 5. The monoisotopic (exact) mass is 228 g/mol. The van der Waals surface area contributed by atoms with Crippen LogP contribution >= 0.6 is 12.6 Å². The van der Waals surface area contributed by atoms with E-state index in [2.05, 4.69) is 32.6 Å². The molecule has 0 aromatic rings. The summed E-state index contributed by atoms with van der Waals surface area (Å²) in [7, 11) is 0. The number of ether oxygens (including phenoxy) is 1. The maximum atomic E-state index is 10.7. The third kappa shape index (κ3) is 7.25. The van der Waals surface area contributed by atoms with Crippen molar-refractivity contribution in [3.8, 4) is 0 Å². The van der Waals surface area contributed by atoms with E-state index in [1.807, 2.05) is 13.0 Å². The standard InChI is InChI=1S/C12H20O2S/c1-5-11(8-6-7-9(2)3)12(15)14-10(4)13/h5,7,12,15H,6,8H2,1-4H3. The minimum absolute atomic E-state index is 0.295. The molecule has 3 heteroatoms. The maximum absolute atomic E-state index is 10.7. The van der Waals surface area contributed by atoms with Crippen LogP contribution in [-0.4, -0.2) is 11.4 Å². The number of hydrogen-bond donors (Lipinski definition) is 1. The van der Waals surface area contributed by atoms with Crippen LogP contribution in [0, 0.1) is 0 Å². The first-order chi connectivity index (χ1) is 6.97. The smallest absolute Gasteiger partial charge is 0.304 e. The van der Waals surface area contributed by atoms with Gasteiger partial charge in [-0.15, -0.1) is 12.6 Å². The van der Waals surface area contributed by atoms with Gasteiger partial charge in [-0.05, 0) is 39.2 Å². The van der Waals surface area contributed by atoms with Crippen molar-refractivity contribution in [3.05, 3.63) is 23.3 Å². The van der Waals surface area contributed by atoms with E-state index < -0.39 is 5.44 Å². The Morgan fingerprint density at radius 1 is 1.40 bits per heavy atom. The number of hydrogen-bond acceptors (Lipinski definition) is 3. The number of carbonyl (C=O) groups excluding carboxylic acids is 1. The van der Waals surface area contributed by atoms with Crippen LogP contribution in [0.15, 0.2) is 23.3 Å². The van der Waals surface area contributed by atoms with E-state index >= 15 is 0 Å². The zero-order valence-electron chi connectivity index (χ0n) is 9.91. The second-order valence-electron chi connectivity index (χ2n) is 3.65. The minimum Gasteiger partial charge on any atom is -0.447 e. The van der Waals surface area contributed by atoms with Gasteiger partial charge < -0.3 is 4.74 Å². The molecule has 0 bridgehead atoms. The van der Waals surface area contributed by atoms with Crippen molar-refractivity contribution in [3.63, 3.8) is 0 Å². The van der Waals surface area contributed by atoms with Crippen molar-refractivity contribution >= 4 is 18.6 Å². The summed E-state index contributed by atoms with van der Waals surface area (Å²) in [4.78, 5) is 10.7. The molecular formula is C12H20O2S. The summed E-state index contributed by atoms with van der Waals surface area (Å²) in [5, 5.41) is 0. The van der Waals surface area contributed by atoms with Gasteiger partial charge in [-0.25, -0.2) is 0 Å². The van der Waals surface area contributed by atoms with Crippen LogP contribution in [0.4, 0.5) is 0 Å². The first-order valence-corrected chi connectivity index (χ1v) is 5.62. The topological polar surface area (TPSA) is 26.3 Å². The average molecular weight is 228 g/mol. The first-order valence-electron chi connectivity index (χ1n) is 5.11. The Morgan fingerprint density at radius 3 is 2.40 bits per heavy atom. The average Bonchev–Trinajstić information content (AvgIpc) is 2.10. The van der Waals surface area contributed by atoms with E-state index in [4.69, 9.17) is 4.74 Å². The van der Waals surface area contributed by atoms with Gasteiger partial charge in [0.1, 0.15) is 0 Å². The molecule has 0 radical (unpaired) electrons. The summed E-state index contributed by atoms with van der Waals surface area (Å²) >= 11 is 4.24. The van der Waals surface area contributed by atoms with Gasteiger partial charge in [-0.1, -0.05) is 17.7 Å². The van der Waals surface area contributed by atoms with Gasteiger partial charge >= 0.3 is 5.97 Å². The van der Waals surface area contributed by atoms with Crippen LogP contribution in [0.5, 0.6) is 0 Å². The molecule has 0 aliphatic carbocycles. The SMILES string of the molecule is CC=C(CCC=C(C)C)C(S)OC(C)=O. The zero-order chi connectivity index (χ0) is 11.8. The number of thiol groups is 1. The molecule has 0 aliphatic rings. The predicted molar refractivity (Wildman–Crippen MR) is 67.0 cm³/mol. The molecule has 0 spiro atoms. The highest BCUT2D eigenvalue weighted by atomic mass is 32.1. The van der Waals surface area contributed by atoms with Crippen LogP contribution < -0.4 is 0 Å². The largest absolute Gasteiger partial charge is 0.447 e. The molecule has 0 saturated carbocycles. The second kappa shape index (κ2) is 7.57. The molecule has 0 rings (SSSR count). The van der Waals surface area contributed by atoms with Crippen molar-refractivity contribution in [2.75, 3.05) is 0 Å². The van der Waals surface area contributed by atoms with Crippen molar-refractivity contribution in [1.29, 1.82) is 0 Å². The highest BCUT2D eigenvalue weighted by Gasteiger charge is 2.10. The molecule has 0 aromatic carbocycles. The van der Waals surface area contributed by atoms with Gasteiger partial charge in [-0.2, -0.15) is 0 Å². The summed E-state index contributed by atoms with van der Waals surface area (Å²) in [6, 6.07) is 0. The number of esters is 1. The van der Waals surface area contributed by atoms with Crippen LogP contribution in [0.3, 0.4) is 0 Å². The van der Waals surface area contributed by atoms with E-state index in [0.717, 1.165) is 18.4 Å². The molecule has 0 heterocycles. The Balaban J connectivity index is 4.14. The van der Waals surface area contributed by atoms with Crippen molar-refractivity contribution in [1.82, 2.24) is 0 Å². The van der Waals surface area contributed by atoms with Gasteiger partial charge in [0.25, 0.3) is 0 Å². The molecule has 1 atom stereocenters. The molecule has 2 nitrogen and oxygen atoms in total. The lowest BCUT2D eigenvalue weighted by Gasteiger charge is -2.14. The summed E-state index contributed by atoms with van der Waals surface area (Å²) in [5.74, 6) is -0.295. The lowest BCUT2D eigenvalue weighted by Crippen LogP contribution is -2.12. The maximum Gasteiger partial charge on any atom is 0.304 e. The minimum atomic E-state index is -0.405. The lowest BCUT2D eigenvalue weighted by atomic mass is 10.1. The predicted octanol–water partition coefficient (Wildman–Crippen LogP) is 3.50.